The minimum atomic E-state index is -0.735. The van der Waals surface area contributed by atoms with E-state index in [9.17, 15) is 9.59 Å². The molecule has 0 radical (unpaired) electrons. The third-order valence-electron chi connectivity index (χ3n) is 5.10. The quantitative estimate of drug-likeness (QED) is 0.873. The number of nitrogens with one attached hydrogen (secondary N) is 1. The molecule has 0 bridgehead atoms. The zero-order chi connectivity index (χ0) is 17.9. The molecule has 1 saturated carbocycles. The maximum Gasteiger partial charge on any atom is 0.306 e. The number of carbonyl (C=O) groups excluding carboxylic acids is 1. The molecule has 0 spiro atoms. The van der Waals surface area contributed by atoms with Gasteiger partial charge >= 0.3 is 5.97 Å². The summed E-state index contributed by atoms with van der Waals surface area (Å²) < 4.78 is 0. The first kappa shape index (κ1) is 18.5. The van der Waals surface area contributed by atoms with E-state index in [1.807, 2.05) is 12.1 Å². The van der Waals surface area contributed by atoms with Crippen molar-refractivity contribution in [1.29, 1.82) is 0 Å². The van der Waals surface area contributed by atoms with Gasteiger partial charge in [-0.1, -0.05) is 45.0 Å². The van der Waals surface area contributed by atoms with Crippen LogP contribution in [0.25, 0.3) is 0 Å². The average molecular weight is 331 g/mol. The van der Waals surface area contributed by atoms with Crippen LogP contribution in [0, 0.1) is 24.2 Å². The lowest BCUT2D eigenvalue weighted by molar-refractivity contribution is -0.144. The third-order valence-corrected chi connectivity index (χ3v) is 5.10. The van der Waals surface area contributed by atoms with Gasteiger partial charge in [0.2, 0.25) is 5.91 Å². The Bertz CT molecular complexity index is 595. The van der Waals surface area contributed by atoms with E-state index < -0.39 is 5.97 Å². The molecule has 1 fully saturated rings. The smallest absolute Gasteiger partial charge is 0.306 e. The Balaban J connectivity index is 2.09. The summed E-state index contributed by atoms with van der Waals surface area (Å²) in [5, 5.41) is 12.3. The van der Waals surface area contributed by atoms with Crippen LogP contribution in [-0.2, 0) is 9.59 Å². The Morgan fingerprint density at radius 2 is 1.62 bits per heavy atom. The molecule has 4 heteroatoms. The first-order valence-corrected chi connectivity index (χ1v) is 8.79. The first-order chi connectivity index (χ1) is 11.2. The van der Waals surface area contributed by atoms with Crippen molar-refractivity contribution in [3.8, 4) is 0 Å². The van der Waals surface area contributed by atoms with Gasteiger partial charge in [0, 0.05) is 5.92 Å². The van der Waals surface area contributed by atoms with Crippen LogP contribution in [0.4, 0.5) is 0 Å². The number of benzene rings is 1. The van der Waals surface area contributed by atoms with E-state index in [2.05, 4.69) is 45.1 Å². The lowest BCUT2D eigenvalue weighted by Gasteiger charge is -2.35. The van der Waals surface area contributed by atoms with Gasteiger partial charge in [-0.3, -0.25) is 9.59 Å². The highest BCUT2D eigenvalue weighted by Gasteiger charge is 2.34. The molecule has 24 heavy (non-hydrogen) atoms. The van der Waals surface area contributed by atoms with E-state index in [0.29, 0.717) is 25.7 Å². The Morgan fingerprint density at radius 1 is 1.08 bits per heavy atom. The molecule has 1 aliphatic carbocycles. The van der Waals surface area contributed by atoms with Gasteiger partial charge < -0.3 is 10.4 Å². The van der Waals surface area contributed by atoms with Gasteiger partial charge in [-0.25, -0.2) is 0 Å². The predicted molar refractivity (Wildman–Crippen MR) is 94.6 cm³/mol. The molecule has 0 aromatic heterocycles. The molecule has 4 nitrogen and oxygen atoms in total. The molecule has 2 rings (SSSR count). The number of carbonyl (C=O) groups is 2. The van der Waals surface area contributed by atoms with E-state index >= 15 is 0 Å². The fourth-order valence-electron chi connectivity index (χ4n) is 3.53. The Hall–Kier alpha value is -1.84. The Kier molecular flexibility index (Phi) is 5.68. The number of aryl methyl sites for hydroxylation is 1. The molecule has 0 aliphatic heterocycles. The van der Waals surface area contributed by atoms with Gasteiger partial charge in [0.05, 0.1) is 12.0 Å². The minimum Gasteiger partial charge on any atom is -0.481 e. The Labute approximate surface area is 144 Å². The summed E-state index contributed by atoms with van der Waals surface area (Å²) in [6, 6.07) is 8.10. The average Bonchev–Trinajstić information content (AvgIpc) is 2.52. The van der Waals surface area contributed by atoms with E-state index in [4.69, 9.17) is 5.11 Å². The lowest BCUT2D eigenvalue weighted by atomic mass is 9.78. The SMILES string of the molecule is Cc1ccccc1C(NC(=O)C1CCC(C(=O)O)CC1)C(C)(C)C. The molecule has 1 atom stereocenters. The van der Waals surface area contributed by atoms with Gasteiger partial charge in [0.1, 0.15) is 0 Å². The summed E-state index contributed by atoms with van der Waals surface area (Å²) in [5.41, 5.74) is 2.23. The van der Waals surface area contributed by atoms with Crippen molar-refractivity contribution in [3.05, 3.63) is 35.4 Å². The predicted octanol–water partition coefficient (Wildman–Crippen LogP) is 4.09. The summed E-state index contributed by atoms with van der Waals surface area (Å²) in [7, 11) is 0. The van der Waals surface area contributed by atoms with Crippen molar-refractivity contribution in [2.75, 3.05) is 0 Å². The van der Waals surface area contributed by atoms with Crippen LogP contribution in [0.3, 0.4) is 0 Å². The maximum atomic E-state index is 12.8. The van der Waals surface area contributed by atoms with Crippen molar-refractivity contribution >= 4 is 11.9 Å². The van der Waals surface area contributed by atoms with Crippen molar-refractivity contribution < 1.29 is 14.7 Å². The highest BCUT2D eigenvalue weighted by Crippen LogP contribution is 2.36. The van der Waals surface area contributed by atoms with E-state index in [0.717, 1.165) is 5.56 Å². The van der Waals surface area contributed by atoms with Crippen LogP contribution in [0.5, 0.6) is 0 Å². The number of hydrogen-bond acceptors (Lipinski definition) is 2. The lowest BCUT2D eigenvalue weighted by Crippen LogP contribution is -2.41. The monoisotopic (exact) mass is 331 g/mol. The van der Waals surface area contributed by atoms with E-state index in [1.165, 1.54) is 5.56 Å². The van der Waals surface area contributed by atoms with Crippen molar-refractivity contribution in [2.24, 2.45) is 17.3 Å². The molecule has 1 aromatic rings. The second-order valence-corrected chi connectivity index (χ2v) is 8.05. The number of hydrogen-bond donors (Lipinski definition) is 2. The van der Waals surface area contributed by atoms with Crippen LogP contribution in [0.2, 0.25) is 0 Å². The van der Waals surface area contributed by atoms with Gasteiger partial charge in [-0.05, 0) is 49.1 Å². The molecule has 0 heterocycles. The third kappa shape index (κ3) is 4.37. The second-order valence-electron chi connectivity index (χ2n) is 8.05. The standard InChI is InChI=1S/C20H29NO3/c1-13-7-5-6-8-16(13)17(20(2,3)4)21-18(22)14-9-11-15(12-10-14)19(23)24/h5-8,14-15,17H,9-12H2,1-4H3,(H,21,22)(H,23,24). The summed E-state index contributed by atoms with van der Waals surface area (Å²) in [6.45, 7) is 8.46. The van der Waals surface area contributed by atoms with Gasteiger partial charge in [0.25, 0.3) is 0 Å². The number of carboxylic acid groups (broad SMARTS) is 1. The zero-order valence-corrected chi connectivity index (χ0v) is 15.1. The fourth-order valence-corrected chi connectivity index (χ4v) is 3.53. The highest BCUT2D eigenvalue weighted by atomic mass is 16.4. The van der Waals surface area contributed by atoms with Crippen LogP contribution in [0.15, 0.2) is 24.3 Å². The van der Waals surface area contributed by atoms with Crippen molar-refractivity contribution in [1.82, 2.24) is 5.32 Å². The summed E-state index contributed by atoms with van der Waals surface area (Å²) in [6.07, 6.45) is 2.51. The molecule has 132 valence electrons. The molecule has 1 aliphatic rings. The van der Waals surface area contributed by atoms with Crippen LogP contribution in [0.1, 0.15) is 63.6 Å². The number of rotatable bonds is 4. The van der Waals surface area contributed by atoms with Gasteiger partial charge in [-0.2, -0.15) is 0 Å². The molecule has 2 N–H and O–H groups in total. The topological polar surface area (TPSA) is 66.4 Å². The number of carboxylic acids is 1. The second kappa shape index (κ2) is 7.37. The van der Waals surface area contributed by atoms with Crippen molar-refractivity contribution in [3.63, 3.8) is 0 Å². The molecule has 1 amide bonds. The number of amides is 1. The number of aliphatic carboxylic acids is 1. The van der Waals surface area contributed by atoms with E-state index in [1.54, 1.807) is 0 Å². The van der Waals surface area contributed by atoms with Crippen molar-refractivity contribution in [2.45, 2.75) is 59.4 Å². The summed E-state index contributed by atoms with van der Waals surface area (Å²) in [5.74, 6) is -1.04. The molecular formula is C20H29NO3. The summed E-state index contributed by atoms with van der Waals surface area (Å²) >= 11 is 0. The minimum absolute atomic E-state index is 0.0524. The first-order valence-electron chi connectivity index (χ1n) is 8.79. The van der Waals surface area contributed by atoms with Crippen LogP contribution in [-0.4, -0.2) is 17.0 Å². The van der Waals surface area contributed by atoms with Gasteiger partial charge in [0.15, 0.2) is 0 Å². The highest BCUT2D eigenvalue weighted by molar-refractivity contribution is 5.80. The fraction of sp³-hybridized carbons (Fsp3) is 0.600. The van der Waals surface area contributed by atoms with Crippen LogP contribution < -0.4 is 5.32 Å². The molecule has 1 unspecified atom stereocenters. The van der Waals surface area contributed by atoms with Gasteiger partial charge in [-0.15, -0.1) is 0 Å². The molecule has 0 saturated heterocycles. The van der Waals surface area contributed by atoms with E-state index in [-0.39, 0.29) is 29.2 Å². The normalized spacial score (nSPS) is 22.7. The molecular weight excluding hydrogens is 302 g/mol. The molecule has 1 aromatic carbocycles. The Morgan fingerprint density at radius 3 is 2.12 bits per heavy atom. The maximum absolute atomic E-state index is 12.8. The summed E-state index contributed by atoms with van der Waals surface area (Å²) in [4.78, 5) is 23.8. The van der Waals surface area contributed by atoms with Crippen LogP contribution >= 0.6 is 0 Å². The zero-order valence-electron chi connectivity index (χ0n) is 15.1. The largest absolute Gasteiger partial charge is 0.481 e.